The van der Waals surface area contributed by atoms with Crippen LogP contribution in [-0.4, -0.2) is 73.3 Å². The largest absolute Gasteiger partial charge is 0.478 e. The second-order valence-electron chi connectivity index (χ2n) is 8.81. The van der Waals surface area contributed by atoms with Crippen molar-refractivity contribution in [2.45, 2.75) is 12.5 Å². The van der Waals surface area contributed by atoms with Crippen molar-refractivity contribution >= 4 is 17.6 Å². The fraction of sp³-hybridized carbons (Fsp3) is 0.310. The van der Waals surface area contributed by atoms with Crippen molar-refractivity contribution in [2.24, 2.45) is 4.99 Å². The number of nitrogens with one attached hydrogen (secondary N) is 1. The molecule has 1 fully saturated rings. The molecular weight excluding hydrogens is 452 g/mol. The lowest BCUT2D eigenvalue weighted by Gasteiger charge is -2.41. The predicted octanol–water partition coefficient (Wildman–Crippen LogP) is 4.60. The van der Waals surface area contributed by atoms with Crippen LogP contribution in [0, 0.1) is 0 Å². The van der Waals surface area contributed by atoms with Gasteiger partial charge in [0.25, 0.3) is 0 Å². The molecule has 188 valence electrons. The number of nitrogens with zero attached hydrogens (tertiary/aromatic N) is 3. The number of aliphatic imine (C=N–C) groups is 1. The van der Waals surface area contributed by atoms with Gasteiger partial charge in [0.15, 0.2) is 5.96 Å². The number of piperazine rings is 1. The normalized spacial score (nSPS) is 14.7. The number of carboxylic acid groups (broad SMARTS) is 1. The maximum absolute atomic E-state index is 11.2. The van der Waals surface area contributed by atoms with Crippen LogP contribution in [0.3, 0.4) is 0 Å². The number of guanidine groups is 1. The zero-order valence-corrected chi connectivity index (χ0v) is 20.7. The van der Waals surface area contributed by atoms with Crippen LogP contribution < -0.4 is 5.32 Å². The van der Waals surface area contributed by atoms with Crippen LogP contribution in [0.15, 0.2) is 89.9 Å². The Bertz CT molecular complexity index is 1070. The maximum atomic E-state index is 11.2. The van der Waals surface area contributed by atoms with Gasteiger partial charge in [-0.1, -0.05) is 60.7 Å². The molecule has 3 aromatic rings. The summed E-state index contributed by atoms with van der Waals surface area (Å²) in [4.78, 5) is 20.9. The monoisotopic (exact) mass is 486 g/mol. The number of carbonyl (C=O) groups is 1. The molecule has 0 spiro atoms. The standard InChI is InChI=1S/C29H34N4O3/c1-36-22-8-17-30-29(31-26-15-13-25(14-16-26)28(34)35)33-20-18-32(19-21-33)27(23-9-4-2-5-10-23)24-11-6-3-7-12-24/h2-7,9-16,27H,8,17-22H2,1H3,(H,30,31)(H,34,35). The first-order valence-corrected chi connectivity index (χ1v) is 12.4. The predicted molar refractivity (Wildman–Crippen MR) is 144 cm³/mol. The minimum absolute atomic E-state index is 0.202. The third kappa shape index (κ3) is 6.71. The highest BCUT2D eigenvalue weighted by Crippen LogP contribution is 2.29. The van der Waals surface area contributed by atoms with E-state index in [1.807, 2.05) is 0 Å². The summed E-state index contributed by atoms with van der Waals surface area (Å²) in [7, 11) is 1.70. The van der Waals surface area contributed by atoms with Crippen molar-refractivity contribution in [3.63, 3.8) is 0 Å². The van der Waals surface area contributed by atoms with Gasteiger partial charge in [-0.15, -0.1) is 0 Å². The zero-order valence-electron chi connectivity index (χ0n) is 20.7. The van der Waals surface area contributed by atoms with Gasteiger partial charge in [-0.25, -0.2) is 4.79 Å². The van der Waals surface area contributed by atoms with Gasteiger partial charge in [0, 0.05) is 52.1 Å². The van der Waals surface area contributed by atoms with Gasteiger partial charge in [0.05, 0.1) is 11.6 Å². The molecule has 3 aromatic carbocycles. The summed E-state index contributed by atoms with van der Waals surface area (Å²) in [6.07, 6.45) is 0.837. The summed E-state index contributed by atoms with van der Waals surface area (Å²) >= 11 is 0. The van der Waals surface area contributed by atoms with Crippen molar-refractivity contribution in [1.82, 2.24) is 9.80 Å². The van der Waals surface area contributed by atoms with Crippen molar-refractivity contribution < 1.29 is 14.6 Å². The molecule has 1 aliphatic heterocycles. The van der Waals surface area contributed by atoms with Crippen LogP contribution in [0.5, 0.6) is 0 Å². The number of hydrogen-bond donors (Lipinski definition) is 2. The Labute approximate surface area is 213 Å². The van der Waals surface area contributed by atoms with Gasteiger partial charge < -0.3 is 20.1 Å². The highest BCUT2D eigenvalue weighted by molar-refractivity contribution is 5.94. The van der Waals surface area contributed by atoms with Gasteiger partial charge in [-0.05, 0) is 41.8 Å². The lowest BCUT2D eigenvalue weighted by Crippen LogP contribution is -2.51. The van der Waals surface area contributed by atoms with E-state index >= 15 is 0 Å². The molecule has 7 heteroatoms. The van der Waals surface area contributed by atoms with E-state index in [-0.39, 0.29) is 11.6 Å². The van der Waals surface area contributed by atoms with Crippen molar-refractivity contribution in [3.8, 4) is 0 Å². The number of methoxy groups -OCH3 is 1. The molecular formula is C29H34N4O3. The number of aromatic carboxylic acids is 1. The fourth-order valence-corrected chi connectivity index (χ4v) is 4.51. The van der Waals surface area contributed by atoms with Crippen LogP contribution in [0.2, 0.25) is 0 Å². The van der Waals surface area contributed by atoms with Crippen molar-refractivity contribution in [2.75, 3.05) is 51.8 Å². The van der Waals surface area contributed by atoms with E-state index in [1.54, 1.807) is 31.4 Å². The van der Waals surface area contributed by atoms with E-state index in [4.69, 9.17) is 9.73 Å². The lowest BCUT2D eigenvalue weighted by molar-refractivity contribution is 0.0697. The topological polar surface area (TPSA) is 77.4 Å². The summed E-state index contributed by atoms with van der Waals surface area (Å²) in [6.45, 7) is 4.77. The summed E-state index contributed by atoms with van der Waals surface area (Å²) in [5, 5.41) is 12.6. The molecule has 36 heavy (non-hydrogen) atoms. The number of carboxylic acids is 1. The molecule has 0 aromatic heterocycles. The third-order valence-corrected chi connectivity index (χ3v) is 6.37. The van der Waals surface area contributed by atoms with Crippen LogP contribution >= 0.6 is 0 Å². The molecule has 0 atom stereocenters. The minimum atomic E-state index is -0.933. The molecule has 1 aliphatic rings. The zero-order chi connectivity index (χ0) is 25.2. The molecule has 0 radical (unpaired) electrons. The number of rotatable bonds is 9. The third-order valence-electron chi connectivity index (χ3n) is 6.37. The van der Waals surface area contributed by atoms with Gasteiger partial charge in [0.1, 0.15) is 0 Å². The van der Waals surface area contributed by atoms with Crippen LogP contribution in [-0.2, 0) is 4.74 Å². The summed E-state index contributed by atoms with van der Waals surface area (Å²) in [5.74, 6) is -0.123. The number of hydrogen-bond acceptors (Lipinski definition) is 4. The van der Waals surface area contributed by atoms with Gasteiger partial charge in [-0.2, -0.15) is 0 Å². The van der Waals surface area contributed by atoms with E-state index in [9.17, 15) is 9.90 Å². The summed E-state index contributed by atoms with van der Waals surface area (Å²) < 4.78 is 5.18. The van der Waals surface area contributed by atoms with Crippen LogP contribution in [0.25, 0.3) is 0 Å². The Balaban J connectivity index is 1.48. The maximum Gasteiger partial charge on any atom is 0.335 e. The van der Waals surface area contributed by atoms with E-state index in [1.165, 1.54) is 11.1 Å². The van der Waals surface area contributed by atoms with E-state index in [0.717, 1.165) is 44.2 Å². The molecule has 7 nitrogen and oxygen atoms in total. The Hall–Kier alpha value is -3.68. The molecule has 1 saturated heterocycles. The number of benzene rings is 3. The quantitative estimate of drug-likeness (QED) is 0.262. The van der Waals surface area contributed by atoms with Crippen LogP contribution in [0.1, 0.15) is 33.9 Å². The number of anilines is 1. The van der Waals surface area contributed by atoms with E-state index in [2.05, 4.69) is 75.8 Å². The SMILES string of the molecule is COCCCN=C(Nc1ccc(C(=O)O)cc1)N1CCN(C(c2ccccc2)c2ccccc2)CC1. The molecule has 4 rings (SSSR count). The smallest absolute Gasteiger partial charge is 0.335 e. The second-order valence-corrected chi connectivity index (χ2v) is 8.81. The summed E-state index contributed by atoms with van der Waals surface area (Å²) in [6, 6.07) is 28.3. The summed E-state index contributed by atoms with van der Waals surface area (Å²) in [5.41, 5.74) is 3.67. The van der Waals surface area contributed by atoms with Gasteiger partial charge >= 0.3 is 5.97 Å². The molecule has 0 aliphatic carbocycles. The fourth-order valence-electron chi connectivity index (χ4n) is 4.51. The first-order chi connectivity index (χ1) is 17.7. The Kier molecular flexibility index (Phi) is 9.08. The minimum Gasteiger partial charge on any atom is -0.478 e. The lowest BCUT2D eigenvalue weighted by atomic mass is 9.96. The van der Waals surface area contributed by atoms with E-state index in [0.29, 0.717) is 13.2 Å². The molecule has 0 unspecified atom stereocenters. The van der Waals surface area contributed by atoms with Gasteiger partial charge in [-0.3, -0.25) is 9.89 Å². The Morgan fingerprint density at radius 2 is 1.50 bits per heavy atom. The molecule has 0 amide bonds. The number of ether oxygens (including phenoxy) is 1. The molecule has 2 N–H and O–H groups in total. The van der Waals surface area contributed by atoms with Crippen LogP contribution in [0.4, 0.5) is 5.69 Å². The molecule has 0 bridgehead atoms. The molecule has 0 saturated carbocycles. The second kappa shape index (κ2) is 12.9. The average Bonchev–Trinajstić information content (AvgIpc) is 2.92. The van der Waals surface area contributed by atoms with Crippen molar-refractivity contribution in [1.29, 1.82) is 0 Å². The van der Waals surface area contributed by atoms with Crippen molar-refractivity contribution in [3.05, 3.63) is 102 Å². The Morgan fingerprint density at radius 3 is 2.03 bits per heavy atom. The van der Waals surface area contributed by atoms with Gasteiger partial charge in [0.2, 0.25) is 0 Å². The van der Waals surface area contributed by atoms with E-state index < -0.39 is 5.97 Å². The highest BCUT2D eigenvalue weighted by atomic mass is 16.5. The Morgan fingerprint density at radius 1 is 0.917 bits per heavy atom. The molecule has 1 heterocycles. The highest BCUT2D eigenvalue weighted by Gasteiger charge is 2.27. The average molecular weight is 487 g/mol. The first kappa shape index (κ1) is 25.4. The first-order valence-electron chi connectivity index (χ1n) is 12.4.